The summed E-state index contributed by atoms with van der Waals surface area (Å²) in [6.07, 6.45) is 4.96. The fourth-order valence-electron chi connectivity index (χ4n) is 4.04. The Balaban J connectivity index is 2.17. The van der Waals surface area contributed by atoms with Crippen molar-refractivity contribution in [3.63, 3.8) is 0 Å². The van der Waals surface area contributed by atoms with E-state index >= 15 is 0 Å². The fourth-order valence-corrected chi connectivity index (χ4v) is 4.04. The number of methoxy groups -OCH3 is 1. The first-order chi connectivity index (χ1) is 13.4. The summed E-state index contributed by atoms with van der Waals surface area (Å²) in [5, 5.41) is 6.28. The molecule has 28 heavy (non-hydrogen) atoms. The number of nitrogens with zero attached hydrogens (tertiary/aromatic N) is 2. The second-order valence-corrected chi connectivity index (χ2v) is 7.97. The molecule has 1 aliphatic heterocycles. The smallest absolute Gasteiger partial charge is 0.221 e. The Kier molecular flexibility index (Phi) is 8.15. The lowest BCUT2D eigenvalue weighted by Gasteiger charge is -2.42. The van der Waals surface area contributed by atoms with E-state index in [0.29, 0.717) is 23.4 Å². The zero-order valence-electron chi connectivity index (χ0n) is 18.1. The number of carbonyl (C=O) groups is 1. The van der Waals surface area contributed by atoms with E-state index in [1.54, 1.807) is 7.11 Å². The third-order valence-corrected chi connectivity index (χ3v) is 5.25. The molecule has 1 aliphatic rings. The van der Waals surface area contributed by atoms with Gasteiger partial charge in [-0.15, -0.1) is 0 Å². The Morgan fingerprint density at radius 1 is 1.36 bits per heavy atom. The van der Waals surface area contributed by atoms with Crippen molar-refractivity contribution in [1.82, 2.24) is 10.2 Å². The van der Waals surface area contributed by atoms with Crippen LogP contribution < -0.4 is 15.4 Å². The number of guanidine groups is 1. The first-order valence-corrected chi connectivity index (χ1v) is 10.4. The molecule has 2 N–H and O–H groups in total. The Morgan fingerprint density at radius 3 is 2.79 bits per heavy atom. The van der Waals surface area contributed by atoms with Crippen molar-refractivity contribution >= 4 is 17.6 Å². The van der Waals surface area contributed by atoms with Crippen LogP contribution in [0.3, 0.4) is 0 Å². The minimum absolute atomic E-state index is 0.115. The third kappa shape index (κ3) is 6.14. The van der Waals surface area contributed by atoms with Gasteiger partial charge in [-0.1, -0.05) is 26.3 Å². The average Bonchev–Trinajstić information content (AvgIpc) is 2.64. The number of hydrogen-bond acceptors (Lipinski definition) is 3. The number of ether oxygens (including phenoxy) is 1. The SMILES string of the molecule is CCCC1(C)CCCN(C(=NCc2ccc(OC)c(NC(C)=O)c2)NCC)C1. The quantitative estimate of drug-likeness (QED) is 0.547. The Bertz CT molecular complexity index is 685. The van der Waals surface area contributed by atoms with Crippen LogP contribution in [-0.4, -0.2) is 43.5 Å². The van der Waals surface area contributed by atoms with Crippen LogP contribution in [-0.2, 0) is 11.3 Å². The highest BCUT2D eigenvalue weighted by Crippen LogP contribution is 2.34. The zero-order valence-corrected chi connectivity index (χ0v) is 18.1. The fraction of sp³-hybridized carbons (Fsp3) is 0.636. The maximum Gasteiger partial charge on any atom is 0.221 e. The lowest BCUT2D eigenvalue weighted by Crippen LogP contribution is -2.49. The van der Waals surface area contributed by atoms with E-state index in [1.165, 1.54) is 32.6 Å². The molecule has 0 bridgehead atoms. The Morgan fingerprint density at radius 2 is 2.14 bits per heavy atom. The van der Waals surface area contributed by atoms with E-state index in [2.05, 4.69) is 36.3 Å². The van der Waals surface area contributed by atoms with E-state index in [0.717, 1.165) is 31.2 Å². The number of aliphatic imine (C=N–C) groups is 1. The van der Waals surface area contributed by atoms with Crippen molar-refractivity contribution in [3.05, 3.63) is 23.8 Å². The number of carbonyl (C=O) groups excluding carboxylic acids is 1. The van der Waals surface area contributed by atoms with Gasteiger partial charge in [-0.25, -0.2) is 4.99 Å². The summed E-state index contributed by atoms with van der Waals surface area (Å²) in [6.45, 7) is 11.8. The van der Waals surface area contributed by atoms with Gasteiger partial charge in [-0.2, -0.15) is 0 Å². The lowest BCUT2D eigenvalue weighted by atomic mass is 9.78. The molecule has 1 aromatic rings. The van der Waals surface area contributed by atoms with Gasteiger partial charge in [0.15, 0.2) is 5.96 Å². The minimum Gasteiger partial charge on any atom is -0.495 e. The van der Waals surface area contributed by atoms with Gasteiger partial charge in [-0.05, 0) is 49.3 Å². The molecule has 6 nitrogen and oxygen atoms in total. The van der Waals surface area contributed by atoms with Crippen LogP contribution in [0.5, 0.6) is 5.75 Å². The standard InChI is InChI=1S/C22H36N4O2/c1-6-11-22(4)12-8-13-26(16-22)21(23-7-2)24-15-18-9-10-20(28-5)19(14-18)25-17(3)27/h9-10,14H,6-8,11-13,15-16H2,1-5H3,(H,23,24)(H,25,27). The highest BCUT2D eigenvalue weighted by molar-refractivity contribution is 5.90. The van der Waals surface area contributed by atoms with Crippen LogP contribution in [0.4, 0.5) is 5.69 Å². The maximum absolute atomic E-state index is 11.5. The van der Waals surface area contributed by atoms with Crippen LogP contribution in [0, 0.1) is 5.41 Å². The van der Waals surface area contributed by atoms with Gasteiger partial charge < -0.3 is 20.3 Å². The molecule has 156 valence electrons. The van der Waals surface area contributed by atoms with Gasteiger partial charge in [0.1, 0.15) is 5.75 Å². The average molecular weight is 389 g/mol. The molecular weight excluding hydrogens is 352 g/mol. The van der Waals surface area contributed by atoms with E-state index in [4.69, 9.17) is 9.73 Å². The van der Waals surface area contributed by atoms with Crippen LogP contribution in [0.25, 0.3) is 0 Å². The summed E-state index contributed by atoms with van der Waals surface area (Å²) in [7, 11) is 1.60. The van der Waals surface area contributed by atoms with Crippen molar-refractivity contribution < 1.29 is 9.53 Å². The Hall–Kier alpha value is -2.24. The van der Waals surface area contributed by atoms with E-state index in [1.807, 2.05) is 18.2 Å². The van der Waals surface area contributed by atoms with Crippen molar-refractivity contribution in [2.24, 2.45) is 10.4 Å². The molecule has 1 amide bonds. The minimum atomic E-state index is -0.115. The molecule has 0 saturated carbocycles. The number of likely N-dealkylation sites (tertiary alicyclic amines) is 1. The summed E-state index contributed by atoms with van der Waals surface area (Å²) in [5.41, 5.74) is 2.08. The van der Waals surface area contributed by atoms with Crippen LogP contribution in [0.15, 0.2) is 23.2 Å². The second-order valence-electron chi connectivity index (χ2n) is 7.97. The topological polar surface area (TPSA) is 66.0 Å². The van der Waals surface area contributed by atoms with Gasteiger partial charge in [0.05, 0.1) is 19.3 Å². The molecule has 1 atom stereocenters. The Labute approximate surface area is 169 Å². The number of nitrogens with one attached hydrogen (secondary N) is 2. The van der Waals surface area contributed by atoms with E-state index in [9.17, 15) is 4.79 Å². The summed E-state index contributed by atoms with van der Waals surface area (Å²) < 4.78 is 5.34. The molecule has 0 aromatic heterocycles. The molecule has 1 saturated heterocycles. The first kappa shape index (κ1) is 22.1. The molecule has 1 aromatic carbocycles. The van der Waals surface area contributed by atoms with Crippen molar-refractivity contribution in [3.8, 4) is 5.75 Å². The third-order valence-electron chi connectivity index (χ3n) is 5.25. The number of amides is 1. The molecule has 2 rings (SSSR count). The number of piperidine rings is 1. The van der Waals surface area contributed by atoms with Crippen LogP contribution in [0.1, 0.15) is 58.9 Å². The highest BCUT2D eigenvalue weighted by Gasteiger charge is 2.31. The molecule has 0 radical (unpaired) electrons. The second kappa shape index (κ2) is 10.3. The summed E-state index contributed by atoms with van der Waals surface area (Å²) in [4.78, 5) is 18.7. The predicted octanol–water partition coefficient (Wildman–Crippen LogP) is 4.02. The normalized spacial score (nSPS) is 20.0. The van der Waals surface area contributed by atoms with Gasteiger partial charge in [-0.3, -0.25) is 4.79 Å². The van der Waals surface area contributed by atoms with Crippen molar-refractivity contribution in [2.75, 3.05) is 32.1 Å². The van der Waals surface area contributed by atoms with Gasteiger partial charge in [0.25, 0.3) is 0 Å². The van der Waals surface area contributed by atoms with Gasteiger partial charge >= 0.3 is 0 Å². The molecule has 1 heterocycles. The predicted molar refractivity (Wildman–Crippen MR) is 116 cm³/mol. The molecule has 1 fully saturated rings. The van der Waals surface area contributed by atoms with E-state index < -0.39 is 0 Å². The number of rotatable bonds is 7. The lowest BCUT2D eigenvalue weighted by molar-refractivity contribution is -0.114. The monoisotopic (exact) mass is 388 g/mol. The molecule has 1 unspecified atom stereocenters. The van der Waals surface area contributed by atoms with Crippen molar-refractivity contribution in [1.29, 1.82) is 0 Å². The highest BCUT2D eigenvalue weighted by atomic mass is 16.5. The van der Waals surface area contributed by atoms with Gasteiger partial charge in [0.2, 0.25) is 5.91 Å². The molecular formula is C22H36N4O2. The largest absolute Gasteiger partial charge is 0.495 e. The van der Waals surface area contributed by atoms with Crippen molar-refractivity contribution in [2.45, 2.75) is 59.9 Å². The van der Waals surface area contributed by atoms with E-state index in [-0.39, 0.29) is 5.91 Å². The molecule has 0 spiro atoms. The summed E-state index contributed by atoms with van der Waals surface area (Å²) in [5.74, 6) is 1.51. The zero-order chi connectivity index (χ0) is 20.6. The summed E-state index contributed by atoms with van der Waals surface area (Å²) in [6, 6.07) is 5.81. The number of anilines is 1. The maximum atomic E-state index is 11.5. The molecule has 0 aliphatic carbocycles. The number of hydrogen-bond donors (Lipinski definition) is 2. The first-order valence-electron chi connectivity index (χ1n) is 10.4. The number of benzene rings is 1. The summed E-state index contributed by atoms with van der Waals surface area (Å²) >= 11 is 0. The van der Waals surface area contributed by atoms with Gasteiger partial charge in [0, 0.05) is 26.6 Å². The van der Waals surface area contributed by atoms with Crippen LogP contribution >= 0.6 is 0 Å². The molecule has 6 heteroatoms. The van der Waals surface area contributed by atoms with Crippen LogP contribution in [0.2, 0.25) is 0 Å².